The van der Waals surface area contributed by atoms with Gasteiger partial charge < -0.3 is 9.84 Å². The molecule has 3 aromatic rings. The zero-order chi connectivity index (χ0) is 19.2. The minimum atomic E-state index is -0.237. The fourth-order valence-electron chi connectivity index (χ4n) is 2.92. The molecule has 1 aromatic heterocycles. The van der Waals surface area contributed by atoms with E-state index in [1.54, 1.807) is 25.1 Å². The largest absolute Gasteiger partial charge is 0.360 e. The Hall–Kier alpha value is -2.30. The Bertz CT molecular complexity index is 903. The molecule has 0 radical (unpaired) electrons. The molecule has 0 saturated carbocycles. The van der Waals surface area contributed by atoms with Crippen molar-refractivity contribution in [2.24, 2.45) is 0 Å². The molecular formula is C21H20Cl2N2O2. The normalized spacial score (nSPS) is 10.8. The van der Waals surface area contributed by atoms with Crippen molar-refractivity contribution in [1.29, 1.82) is 0 Å². The second-order valence-corrected chi connectivity index (χ2v) is 7.07. The Morgan fingerprint density at radius 1 is 1.04 bits per heavy atom. The molecule has 6 heteroatoms. The van der Waals surface area contributed by atoms with Crippen LogP contribution in [0.5, 0.6) is 0 Å². The zero-order valence-corrected chi connectivity index (χ0v) is 16.5. The molecule has 1 amide bonds. The van der Waals surface area contributed by atoms with E-state index in [1.807, 2.05) is 18.2 Å². The molecule has 1 N–H and O–H groups in total. The van der Waals surface area contributed by atoms with E-state index in [2.05, 4.69) is 22.6 Å². The first-order valence-electron chi connectivity index (χ1n) is 8.80. The van der Waals surface area contributed by atoms with Crippen LogP contribution in [-0.2, 0) is 6.42 Å². The molecule has 0 aliphatic carbocycles. The van der Waals surface area contributed by atoms with Crippen molar-refractivity contribution in [3.8, 4) is 11.3 Å². The summed E-state index contributed by atoms with van der Waals surface area (Å²) in [7, 11) is 0. The number of carbonyl (C=O) groups is 1. The van der Waals surface area contributed by atoms with Crippen LogP contribution in [0.2, 0.25) is 10.0 Å². The maximum absolute atomic E-state index is 12.7. The summed E-state index contributed by atoms with van der Waals surface area (Å²) in [4.78, 5) is 12.7. The molecule has 0 bridgehead atoms. The van der Waals surface area contributed by atoms with Crippen LogP contribution in [0, 0.1) is 6.92 Å². The molecule has 27 heavy (non-hydrogen) atoms. The number of nitrogens with zero attached hydrogens (tertiary/aromatic N) is 1. The standard InChI is InChI=1S/C21H20Cl2N2O2/c1-14-18(20(25-27-14)19-16(22)11-7-12-17(19)23)21(26)24-13-6-5-10-15-8-3-2-4-9-15/h2-4,7-9,11-12H,5-6,10,13H2,1H3,(H,24,26). The third kappa shape index (κ3) is 4.71. The number of amides is 1. The predicted molar refractivity (Wildman–Crippen MR) is 108 cm³/mol. The number of aryl methyl sites for hydroxylation is 2. The van der Waals surface area contributed by atoms with Gasteiger partial charge >= 0.3 is 0 Å². The van der Waals surface area contributed by atoms with Gasteiger partial charge in [0.2, 0.25) is 0 Å². The summed E-state index contributed by atoms with van der Waals surface area (Å²) in [6.45, 7) is 2.28. The quantitative estimate of drug-likeness (QED) is 0.514. The van der Waals surface area contributed by atoms with Crippen LogP contribution in [0.3, 0.4) is 0 Å². The summed E-state index contributed by atoms with van der Waals surface area (Å²) < 4.78 is 5.24. The van der Waals surface area contributed by atoms with E-state index in [1.165, 1.54) is 5.56 Å². The highest BCUT2D eigenvalue weighted by atomic mass is 35.5. The van der Waals surface area contributed by atoms with Gasteiger partial charge in [0.15, 0.2) is 0 Å². The Morgan fingerprint density at radius 2 is 1.74 bits per heavy atom. The van der Waals surface area contributed by atoms with Crippen LogP contribution in [0.1, 0.15) is 34.5 Å². The molecule has 0 aliphatic rings. The molecule has 0 aliphatic heterocycles. The average Bonchev–Trinajstić information content (AvgIpc) is 3.03. The number of halogens is 2. The molecule has 0 spiro atoms. The Kier molecular flexibility index (Phi) is 6.54. The second-order valence-electron chi connectivity index (χ2n) is 6.26. The summed E-state index contributed by atoms with van der Waals surface area (Å²) in [5.41, 5.74) is 2.54. The molecule has 140 valence electrons. The van der Waals surface area contributed by atoms with Gasteiger partial charge in [0.05, 0.1) is 10.0 Å². The first-order chi connectivity index (χ1) is 13.1. The third-order valence-corrected chi connectivity index (χ3v) is 4.94. The summed E-state index contributed by atoms with van der Waals surface area (Å²) in [6, 6.07) is 15.5. The number of hydrogen-bond donors (Lipinski definition) is 1. The summed E-state index contributed by atoms with van der Waals surface area (Å²) in [5, 5.41) is 7.79. The highest BCUT2D eigenvalue weighted by molar-refractivity contribution is 6.39. The molecule has 2 aromatic carbocycles. The number of aromatic nitrogens is 1. The van der Waals surface area contributed by atoms with E-state index < -0.39 is 0 Å². The molecular weight excluding hydrogens is 383 g/mol. The fraction of sp³-hybridized carbons (Fsp3) is 0.238. The topological polar surface area (TPSA) is 55.1 Å². The lowest BCUT2D eigenvalue weighted by Gasteiger charge is -2.08. The summed E-state index contributed by atoms with van der Waals surface area (Å²) in [6.07, 6.45) is 2.87. The minimum Gasteiger partial charge on any atom is -0.360 e. The Labute approximate surface area is 168 Å². The van der Waals surface area contributed by atoms with Gasteiger partial charge in [0.25, 0.3) is 5.91 Å². The van der Waals surface area contributed by atoms with Crippen LogP contribution in [0.25, 0.3) is 11.3 Å². The van der Waals surface area contributed by atoms with Gasteiger partial charge in [-0.25, -0.2) is 0 Å². The van der Waals surface area contributed by atoms with E-state index in [0.29, 0.717) is 39.2 Å². The van der Waals surface area contributed by atoms with Crippen molar-refractivity contribution < 1.29 is 9.32 Å². The van der Waals surface area contributed by atoms with Gasteiger partial charge in [0, 0.05) is 12.1 Å². The van der Waals surface area contributed by atoms with E-state index in [0.717, 1.165) is 19.3 Å². The number of benzene rings is 2. The first-order valence-corrected chi connectivity index (χ1v) is 9.56. The minimum absolute atomic E-state index is 0.237. The van der Waals surface area contributed by atoms with Crippen molar-refractivity contribution in [3.05, 3.63) is 75.5 Å². The average molecular weight is 403 g/mol. The number of carbonyl (C=O) groups excluding carboxylic acids is 1. The van der Waals surface area contributed by atoms with Gasteiger partial charge in [0.1, 0.15) is 17.0 Å². The summed E-state index contributed by atoms with van der Waals surface area (Å²) >= 11 is 12.5. The maximum atomic E-state index is 12.7. The van der Waals surface area contributed by atoms with E-state index in [9.17, 15) is 4.79 Å². The Morgan fingerprint density at radius 3 is 2.44 bits per heavy atom. The van der Waals surface area contributed by atoms with Gasteiger partial charge in [-0.05, 0) is 43.9 Å². The van der Waals surface area contributed by atoms with E-state index >= 15 is 0 Å². The number of rotatable bonds is 7. The lowest BCUT2D eigenvalue weighted by molar-refractivity contribution is 0.0952. The smallest absolute Gasteiger partial charge is 0.257 e. The van der Waals surface area contributed by atoms with Crippen LogP contribution < -0.4 is 5.32 Å². The lowest BCUT2D eigenvalue weighted by atomic mass is 10.1. The van der Waals surface area contributed by atoms with Crippen LogP contribution >= 0.6 is 23.2 Å². The maximum Gasteiger partial charge on any atom is 0.257 e. The number of hydrogen-bond acceptors (Lipinski definition) is 3. The third-order valence-electron chi connectivity index (χ3n) is 4.31. The highest BCUT2D eigenvalue weighted by Crippen LogP contribution is 2.36. The van der Waals surface area contributed by atoms with E-state index in [-0.39, 0.29) is 5.91 Å². The lowest BCUT2D eigenvalue weighted by Crippen LogP contribution is -2.25. The molecule has 0 saturated heterocycles. The van der Waals surface area contributed by atoms with Crippen molar-refractivity contribution >= 4 is 29.1 Å². The van der Waals surface area contributed by atoms with Crippen LogP contribution in [0.15, 0.2) is 53.1 Å². The number of nitrogens with one attached hydrogen (secondary N) is 1. The molecule has 0 atom stereocenters. The van der Waals surface area contributed by atoms with Crippen molar-refractivity contribution in [2.45, 2.75) is 26.2 Å². The van der Waals surface area contributed by atoms with Crippen LogP contribution in [-0.4, -0.2) is 17.6 Å². The second kappa shape index (κ2) is 9.07. The van der Waals surface area contributed by atoms with Crippen LogP contribution in [0.4, 0.5) is 0 Å². The van der Waals surface area contributed by atoms with Crippen molar-refractivity contribution in [2.75, 3.05) is 6.54 Å². The van der Waals surface area contributed by atoms with Gasteiger partial charge in [-0.1, -0.05) is 64.8 Å². The Balaban J connectivity index is 1.63. The monoisotopic (exact) mass is 402 g/mol. The molecule has 1 heterocycles. The van der Waals surface area contributed by atoms with Gasteiger partial charge in [-0.3, -0.25) is 4.79 Å². The van der Waals surface area contributed by atoms with Gasteiger partial charge in [-0.2, -0.15) is 0 Å². The van der Waals surface area contributed by atoms with E-state index in [4.69, 9.17) is 27.7 Å². The summed E-state index contributed by atoms with van der Waals surface area (Å²) in [5.74, 6) is 0.196. The SMILES string of the molecule is Cc1onc(-c2c(Cl)cccc2Cl)c1C(=O)NCCCCc1ccccc1. The molecule has 3 rings (SSSR count). The number of unbranched alkanes of at least 4 members (excludes halogenated alkanes) is 1. The highest BCUT2D eigenvalue weighted by Gasteiger charge is 2.24. The van der Waals surface area contributed by atoms with Crippen molar-refractivity contribution in [1.82, 2.24) is 10.5 Å². The molecule has 4 nitrogen and oxygen atoms in total. The predicted octanol–water partition coefficient (Wildman–Crippen LogP) is 5.71. The molecule has 0 unspecified atom stereocenters. The van der Waals surface area contributed by atoms with Crippen molar-refractivity contribution in [3.63, 3.8) is 0 Å². The fourth-order valence-corrected chi connectivity index (χ4v) is 3.50. The zero-order valence-electron chi connectivity index (χ0n) is 15.0. The first kappa shape index (κ1) is 19.5. The van der Waals surface area contributed by atoms with Gasteiger partial charge in [-0.15, -0.1) is 0 Å². The molecule has 0 fully saturated rings.